The van der Waals surface area contributed by atoms with E-state index in [1.54, 1.807) is 35.0 Å². The van der Waals surface area contributed by atoms with Crippen molar-refractivity contribution in [3.05, 3.63) is 64.0 Å². The van der Waals surface area contributed by atoms with Crippen LogP contribution in [-0.2, 0) is 20.9 Å². The van der Waals surface area contributed by atoms with Crippen LogP contribution in [0.15, 0.2) is 53.6 Å². The number of halogens is 1. The van der Waals surface area contributed by atoms with E-state index in [4.69, 9.17) is 16.3 Å². The SMILES string of the molecule is O=C(COC(=O)CCn1ncc(=O)c2ccccc21)Nc1ccc(Cl)cn1. The minimum atomic E-state index is -0.557. The number of aromatic nitrogens is 3. The molecule has 138 valence electrons. The fraction of sp³-hybridized carbons (Fsp3) is 0.167. The second-order valence-corrected chi connectivity index (χ2v) is 6.01. The number of aryl methyl sites for hydroxylation is 1. The summed E-state index contributed by atoms with van der Waals surface area (Å²) < 4.78 is 6.50. The van der Waals surface area contributed by atoms with E-state index in [1.807, 2.05) is 0 Å². The second kappa shape index (κ2) is 8.41. The minimum Gasteiger partial charge on any atom is -0.456 e. The number of para-hydroxylation sites is 1. The topological polar surface area (TPSA) is 103 Å². The van der Waals surface area contributed by atoms with Crippen LogP contribution in [-0.4, -0.2) is 33.2 Å². The van der Waals surface area contributed by atoms with E-state index in [0.29, 0.717) is 21.7 Å². The van der Waals surface area contributed by atoms with Crippen molar-refractivity contribution in [1.82, 2.24) is 14.8 Å². The number of nitrogens with one attached hydrogen (secondary N) is 1. The van der Waals surface area contributed by atoms with Gasteiger partial charge in [-0.2, -0.15) is 5.10 Å². The molecule has 0 aliphatic rings. The van der Waals surface area contributed by atoms with Gasteiger partial charge < -0.3 is 10.1 Å². The summed E-state index contributed by atoms with van der Waals surface area (Å²) in [5.41, 5.74) is 0.446. The summed E-state index contributed by atoms with van der Waals surface area (Å²) in [6, 6.07) is 10.1. The molecule has 2 heterocycles. The molecule has 1 amide bonds. The zero-order valence-electron chi connectivity index (χ0n) is 14.1. The molecule has 8 nitrogen and oxygen atoms in total. The van der Waals surface area contributed by atoms with Crippen molar-refractivity contribution in [3.8, 4) is 0 Å². The number of hydrogen-bond donors (Lipinski definition) is 1. The highest BCUT2D eigenvalue weighted by Gasteiger charge is 2.10. The predicted molar refractivity (Wildman–Crippen MR) is 99.5 cm³/mol. The third-order valence-corrected chi connectivity index (χ3v) is 3.87. The Hall–Kier alpha value is -3.26. The normalized spacial score (nSPS) is 10.6. The zero-order chi connectivity index (χ0) is 19.2. The summed E-state index contributed by atoms with van der Waals surface area (Å²) in [5.74, 6) is -0.756. The maximum atomic E-state index is 11.9. The number of rotatable bonds is 6. The molecule has 0 unspecified atom stereocenters. The molecule has 27 heavy (non-hydrogen) atoms. The van der Waals surface area contributed by atoms with Gasteiger partial charge in [0.25, 0.3) is 5.91 Å². The minimum absolute atomic E-state index is 0.00629. The van der Waals surface area contributed by atoms with Crippen molar-refractivity contribution in [3.63, 3.8) is 0 Å². The van der Waals surface area contributed by atoms with Gasteiger partial charge in [-0.25, -0.2) is 4.98 Å². The van der Waals surface area contributed by atoms with E-state index >= 15 is 0 Å². The summed E-state index contributed by atoms with van der Waals surface area (Å²) in [6.07, 6.45) is 2.61. The third kappa shape index (κ3) is 4.89. The van der Waals surface area contributed by atoms with Crippen LogP contribution in [0, 0.1) is 0 Å². The third-order valence-electron chi connectivity index (χ3n) is 3.65. The zero-order valence-corrected chi connectivity index (χ0v) is 14.8. The summed E-state index contributed by atoms with van der Waals surface area (Å²) in [7, 11) is 0. The number of nitrogens with zero attached hydrogens (tertiary/aromatic N) is 3. The number of fused-ring (bicyclic) bond motifs is 1. The van der Waals surface area contributed by atoms with Gasteiger partial charge >= 0.3 is 5.97 Å². The highest BCUT2D eigenvalue weighted by molar-refractivity contribution is 6.30. The van der Waals surface area contributed by atoms with E-state index in [0.717, 1.165) is 0 Å². The van der Waals surface area contributed by atoms with Gasteiger partial charge in [0, 0.05) is 11.6 Å². The van der Waals surface area contributed by atoms with Crippen LogP contribution in [0.25, 0.3) is 10.9 Å². The van der Waals surface area contributed by atoms with Gasteiger partial charge in [0.05, 0.1) is 29.7 Å². The van der Waals surface area contributed by atoms with E-state index in [1.165, 1.54) is 18.5 Å². The number of esters is 1. The van der Waals surface area contributed by atoms with Gasteiger partial charge in [-0.1, -0.05) is 23.7 Å². The van der Waals surface area contributed by atoms with Crippen molar-refractivity contribution in [2.75, 3.05) is 11.9 Å². The van der Waals surface area contributed by atoms with Crippen LogP contribution < -0.4 is 10.7 Å². The number of benzene rings is 1. The largest absolute Gasteiger partial charge is 0.456 e. The van der Waals surface area contributed by atoms with Crippen LogP contribution in [0.3, 0.4) is 0 Å². The molecule has 0 spiro atoms. The van der Waals surface area contributed by atoms with Crippen molar-refractivity contribution in [2.24, 2.45) is 0 Å². The van der Waals surface area contributed by atoms with Crippen LogP contribution in [0.1, 0.15) is 6.42 Å². The molecule has 0 saturated carbocycles. The van der Waals surface area contributed by atoms with Crippen molar-refractivity contribution in [1.29, 1.82) is 0 Å². The van der Waals surface area contributed by atoms with Crippen LogP contribution in [0.5, 0.6) is 0 Å². The number of hydrogen-bond acceptors (Lipinski definition) is 6. The second-order valence-electron chi connectivity index (χ2n) is 5.57. The summed E-state index contributed by atoms with van der Waals surface area (Å²) in [5, 5.41) is 7.50. The van der Waals surface area contributed by atoms with Crippen molar-refractivity contribution < 1.29 is 14.3 Å². The lowest BCUT2D eigenvalue weighted by atomic mass is 10.2. The van der Waals surface area contributed by atoms with Gasteiger partial charge in [0.1, 0.15) is 5.82 Å². The lowest BCUT2D eigenvalue weighted by Gasteiger charge is -2.09. The number of ether oxygens (including phenoxy) is 1. The maximum Gasteiger partial charge on any atom is 0.308 e. The quantitative estimate of drug-likeness (QED) is 0.650. The monoisotopic (exact) mass is 386 g/mol. The van der Waals surface area contributed by atoms with Gasteiger partial charge in [-0.15, -0.1) is 0 Å². The molecule has 3 rings (SSSR count). The number of carbonyl (C=O) groups excluding carboxylic acids is 2. The first-order valence-corrected chi connectivity index (χ1v) is 8.42. The Morgan fingerprint density at radius 3 is 2.74 bits per heavy atom. The lowest BCUT2D eigenvalue weighted by Crippen LogP contribution is -2.22. The van der Waals surface area contributed by atoms with Crippen LogP contribution >= 0.6 is 11.6 Å². The smallest absolute Gasteiger partial charge is 0.308 e. The number of anilines is 1. The van der Waals surface area contributed by atoms with Gasteiger partial charge in [-0.3, -0.25) is 19.1 Å². The first-order valence-electron chi connectivity index (χ1n) is 8.05. The average Bonchev–Trinajstić information content (AvgIpc) is 2.68. The van der Waals surface area contributed by atoms with Crippen LogP contribution in [0.2, 0.25) is 5.02 Å². The first-order chi connectivity index (χ1) is 13.0. The average molecular weight is 387 g/mol. The molecular weight excluding hydrogens is 372 g/mol. The molecule has 0 bridgehead atoms. The van der Waals surface area contributed by atoms with Gasteiger partial charge in [0.2, 0.25) is 5.43 Å². The number of pyridine rings is 1. The lowest BCUT2D eigenvalue weighted by molar-refractivity contribution is -0.147. The number of carbonyl (C=O) groups is 2. The molecule has 0 aliphatic heterocycles. The predicted octanol–water partition coefficient (Wildman–Crippen LogP) is 2.02. The molecule has 2 aromatic heterocycles. The Bertz CT molecular complexity index is 1030. The molecule has 1 N–H and O–H groups in total. The van der Waals surface area contributed by atoms with Crippen molar-refractivity contribution >= 4 is 40.2 Å². The molecule has 0 saturated heterocycles. The molecule has 3 aromatic rings. The van der Waals surface area contributed by atoms with Gasteiger partial charge in [0.15, 0.2) is 6.61 Å². The van der Waals surface area contributed by atoms with Gasteiger partial charge in [-0.05, 0) is 24.3 Å². The molecule has 0 atom stereocenters. The van der Waals surface area contributed by atoms with Crippen molar-refractivity contribution in [2.45, 2.75) is 13.0 Å². The summed E-state index contributed by atoms with van der Waals surface area (Å²) in [4.78, 5) is 39.4. The highest BCUT2D eigenvalue weighted by Crippen LogP contribution is 2.10. The van der Waals surface area contributed by atoms with E-state index in [9.17, 15) is 14.4 Å². The Balaban J connectivity index is 1.51. The maximum absolute atomic E-state index is 11.9. The highest BCUT2D eigenvalue weighted by atomic mass is 35.5. The van der Waals surface area contributed by atoms with E-state index < -0.39 is 18.5 Å². The number of amides is 1. The molecule has 1 aromatic carbocycles. The molecule has 0 radical (unpaired) electrons. The Morgan fingerprint density at radius 1 is 1.15 bits per heavy atom. The molecule has 9 heteroatoms. The fourth-order valence-corrected chi connectivity index (χ4v) is 2.50. The Kier molecular flexibility index (Phi) is 5.77. The fourth-order valence-electron chi connectivity index (χ4n) is 2.38. The molecule has 0 aliphatic carbocycles. The Morgan fingerprint density at radius 2 is 1.96 bits per heavy atom. The summed E-state index contributed by atoms with van der Waals surface area (Å²) >= 11 is 5.71. The van der Waals surface area contributed by atoms with E-state index in [-0.39, 0.29) is 18.4 Å². The molecule has 0 fully saturated rings. The molecular formula is C18H15ClN4O4. The summed E-state index contributed by atoms with van der Waals surface area (Å²) in [6.45, 7) is -0.207. The Labute approximate surface area is 158 Å². The van der Waals surface area contributed by atoms with E-state index in [2.05, 4.69) is 15.4 Å². The first kappa shape index (κ1) is 18.5. The van der Waals surface area contributed by atoms with Crippen LogP contribution in [0.4, 0.5) is 5.82 Å². The standard InChI is InChI=1S/C18H15ClN4O4/c19-12-5-6-16(20-9-12)22-17(25)11-27-18(26)7-8-23-14-4-2-1-3-13(14)15(24)10-21-23/h1-6,9-10H,7-8,11H2,(H,20,22,25).